The minimum absolute atomic E-state index is 0.0827. The third kappa shape index (κ3) is 1.87. The van der Waals surface area contributed by atoms with Crippen LogP contribution in [0.2, 0.25) is 0 Å². The quantitative estimate of drug-likeness (QED) is 0.711. The van der Waals surface area contributed by atoms with Gasteiger partial charge in [-0.2, -0.15) is 5.10 Å². The maximum atomic E-state index is 11.4. The van der Waals surface area contributed by atoms with Gasteiger partial charge >= 0.3 is 5.97 Å². The predicted molar refractivity (Wildman–Crippen MR) is 58.9 cm³/mol. The van der Waals surface area contributed by atoms with Crippen LogP contribution in [0.4, 0.5) is 0 Å². The number of phenolic OH excluding ortho intramolecular Hbond substituents is 1. The van der Waals surface area contributed by atoms with Gasteiger partial charge in [-0.05, 0) is 6.07 Å². The van der Waals surface area contributed by atoms with Crippen LogP contribution in [-0.2, 0) is 0 Å². The van der Waals surface area contributed by atoms with E-state index in [9.17, 15) is 14.7 Å². The van der Waals surface area contributed by atoms with Crippen molar-refractivity contribution in [1.29, 1.82) is 0 Å². The minimum atomic E-state index is -1.37. The average molecular weight is 232 g/mol. The molecule has 0 fully saturated rings. The lowest BCUT2D eigenvalue weighted by Crippen LogP contribution is -2.19. The van der Waals surface area contributed by atoms with Crippen LogP contribution in [0.25, 0.3) is 11.1 Å². The van der Waals surface area contributed by atoms with Gasteiger partial charge in [0.15, 0.2) is 0 Å². The molecule has 6 heteroatoms. The monoisotopic (exact) mass is 232 g/mol. The molecular weight excluding hydrogens is 224 g/mol. The van der Waals surface area contributed by atoms with Gasteiger partial charge in [-0.15, -0.1) is 0 Å². The summed E-state index contributed by atoms with van der Waals surface area (Å²) in [5.41, 5.74) is -0.914. The number of phenols is 1. The number of benzene rings is 1. The number of carboxylic acid groups (broad SMARTS) is 1. The number of carbonyl (C=O) groups is 1. The molecule has 0 atom stereocenters. The summed E-state index contributed by atoms with van der Waals surface area (Å²) >= 11 is 0. The Hall–Kier alpha value is -2.63. The molecule has 3 N–H and O–H groups in total. The summed E-state index contributed by atoms with van der Waals surface area (Å²) in [5.74, 6) is -1.48. The van der Waals surface area contributed by atoms with Gasteiger partial charge < -0.3 is 10.2 Å². The van der Waals surface area contributed by atoms with Crippen molar-refractivity contribution < 1.29 is 15.0 Å². The molecular formula is C11H8N2O4. The molecule has 1 aromatic carbocycles. The maximum Gasteiger partial charge on any atom is 0.342 e. The number of nitrogens with zero attached hydrogens (tertiary/aromatic N) is 1. The summed E-state index contributed by atoms with van der Waals surface area (Å²) in [6.07, 6.45) is 1.19. The number of nitrogens with one attached hydrogen (secondary N) is 1. The molecule has 0 radical (unpaired) electrons. The van der Waals surface area contributed by atoms with Gasteiger partial charge in [0, 0.05) is 11.1 Å². The van der Waals surface area contributed by atoms with Crippen molar-refractivity contribution in [1.82, 2.24) is 10.2 Å². The zero-order valence-electron chi connectivity index (χ0n) is 8.54. The summed E-state index contributed by atoms with van der Waals surface area (Å²) in [4.78, 5) is 22.4. The van der Waals surface area contributed by atoms with Gasteiger partial charge in [0.25, 0.3) is 5.56 Å². The van der Waals surface area contributed by atoms with Crippen LogP contribution in [0.5, 0.6) is 5.75 Å². The molecule has 2 rings (SSSR count). The molecule has 1 aromatic heterocycles. The second-order valence-electron chi connectivity index (χ2n) is 3.31. The molecule has 0 bridgehead atoms. The highest BCUT2D eigenvalue weighted by molar-refractivity contribution is 5.96. The lowest BCUT2D eigenvalue weighted by atomic mass is 10.0. The van der Waals surface area contributed by atoms with Gasteiger partial charge in [-0.3, -0.25) is 4.79 Å². The summed E-state index contributed by atoms with van der Waals surface area (Å²) < 4.78 is 0. The third-order valence-corrected chi connectivity index (χ3v) is 2.26. The minimum Gasteiger partial charge on any atom is -0.507 e. The Morgan fingerprint density at radius 2 is 1.94 bits per heavy atom. The number of para-hydroxylation sites is 1. The molecule has 0 aliphatic heterocycles. The van der Waals surface area contributed by atoms with Crippen molar-refractivity contribution >= 4 is 5.97 Å². The summed E-state index contributed by atoms with van der Waals surface area (Å²) in [5, 5.41) is 24.2. The third-order valence-electron chi connectivity index (χ3n) is 2.26. The van der Waals surface area contributed by atoms with E-state index < -0.39 is 17.1 Å². The number of H-pyrrole nitrogens is 1. The van der Waals surface area contributed by atoms with E-state index >= 15 is 0 Å². The highest BCUT2D eigenvalue weighted by atomic mass is 16.4. The van der Waals surface area contributed by atoms with E-state index in [1.54, 1.807) is 12.1 Å². The van der Waals surface area contributed by atoms with Gasteiger partial charge in [0.1, 0.15) is 11.3 Å². The zero-order chi connectivity index (χ0) is 12.4. The molecule has 0 saturated heterocycles. The first-order chi connectivity index (χ1) is 8.11. The molecule has 0 aliphatic carbocycles. The lowest BCUT2D eigenvalue weighted by molar-refractivity contribution is 0.0695. The van der Waals surface area contributed by atoms with E-state index in [0.717, 1.165) is 0 Å². The maximum absolute atomic E-state index is 11.4. The molecule has 0 saturated carbocycles. The van der Waals surface area contributed by atoms with Gasteiger partial charge in [-0.1, -0.05) is 18.2 Å². The van der Waals surface area contributed by atoms with E-state index in [2.05, 4.69) is 5.10 Å². The molecule has 2 aromatic rings. The molecule has 86 valence electrons. The van der Waals surface area contributed by atoms with Crippen LogP contribution in [0.3, 0.4) is 0 Å². The van der Waals surface area contributed by atoms with E-state index in [1.165, 1.54) is 18.3 Å². The number of carboxylic acids is 1. The van der Waals surface area contributed by atoms with E-state index in [0.29, 0.717) is 0 Å². The second-order valence-corrected chi connectivity index (χ2v) is 3.31. The zero-order valence-corrected chi connectivity index (χ0v) is 8.54. The van der Waals surface area contributed by atoms with Gasteiger partial charge in [0.05, 0.1) is 6.20 Å². The standard InChI is InChI=1S/C11H8N2O4/c14-8-4-2-1-3-6(8)7-5-12-13-10(15)9(7)11(16)17/h1-5,14H,(H,13,15)(H,16,17). The van der Waals surface area contributed by atoms with Crippen LogP contribution in [0, 0.1) is 0 Å². The number of aromatic amines is 1. The molecule has 6 nitrogen and oxygen atoms in total. The fourth-order valence-electron chi connectivity index (χ4n) is 1.52. The number of hydrogen-bond acceptors (Lipinski definition) is 4. The molecule has 0 aliphatic rings. The van der Waals surface area contributed by atoms with Gasteiger partial charge in [0.2, 0.25) is 0 Å². The van der Waals surface area contributed by atoms with E-state index in [4.69, 9.17) is 5.11 Å². The Labute approximate surface area is 95.2 Å². The fraction of sp³-hybridized carbons (Fsp3) is 0. The smallest absolute Gasteiger partial charge is 0.342 e. The Balaban J connectivity index is 2.77. The number of aromatic carboxylic acids is 1. The van der Waals surface area contributed by atoms with Crippen molar-refractivity contribution in [2.75, 3.05) is 0 Å². The van der Waals surface area contributed by atoms with Crippen LogP contribution < -0.4 is 5.56 Å². The Morgan fingerprint density at radius 1 is 1.24 bits per heavy atom. The van der Waals surface area contributed by atoms with E-state index in [-0.39, 0.29) is 16.9 Å². The lowest BCUT2D eigenvalue weighted by Gasteiger charge is -2.06. The SMILES string of the molecule is O=C(O)c1c(-c2ccccc2O)cn[nH]c1=O. The summed E-state index contributed by atoms with van der Waals surface area (Å²) in [6, 6.07) is 6.14. The fourth-order valence-corrected chi connectivity index (χ4v) is 1.52. The first kappa shape index (κ1) is 10.9. The summed E-state index contributed by atoms with van der Waals surface area (Å²) in [7, 11) is 0. The van der Waals surface area contributed by atoms with Crippen molar-refractivity contribution in [3.63, 3.8) is 0 Å². The van der Waals surface area contributed by atoms with Crippen LogP contribution >= 0.6 is 0 Å². The number of aromatic nitrogens is 2. The topological polar surface area (TPSA) is 103 Å². The molecule has 17 heavy (non-hydrogen) atoms. The molecule has 1 heterocycles. The average Bonchev–Trinajstić information content (AvgIpc) is 2.28. The molecule has 0 unspecified atom stereocenters. The summed E-state index contributed by atoms with van der Waals surface area (Å²) in [6.45, 7) is 0. The predicted octanol–water partition coefficient (Wildman–Crippen LogP) is 0.841. The van der Waals surface area contributed by atoms with E-state index in [1.807, 2.05) is 5.10 Å². The van der Waals surface area contributed by atoms with Crippen LogP contribution in [0.1, 0.15) is 10.4 Å². The van der Waals surface area contributed by atoms with Crippen molar-refractivity contribution in [3.8, 4) is 16.9 Å². The van der Waals surface area contributed by atoms with Crippen LogP contribution in [0.15, 0.2) is 35.3 Å². The Kier molecular flexibility index (Phi) is 2.61. The second kappa shape index (κ2) is 4.09. The van der Waals surface area contributed by atoms with Crippen molar-refractivity contribution in [3.05, 3.63) is 46.4 Å². The van der Waals surface area contributed by atoms with Crippen LogP contribution in [-0.4, -0.2) is 26.4 Å². The highest BCUT2D eigenvalue weighted by Crippen LogP contribution is 2.29. The normalized spacial score (nSPS) is 10.1. The number of aromatic hydroxyl groups is 1. The number of rotatable bonds is 2. The number of hydrogen-bond donors (Lipinski definition) is 3. The molecule has 0 amide bonds. The Morgan fingerprint density at radius 3 is 2.59 bits per heavy atom. The highest BCUT2D eigenvalue weighted by Gasteiger charge is 2.18. The molecule has 0 spiro atoms. The largest absolute Gasteiger partial charge is 0.507 e. The first-order valence-electron chi connectivity index (χ1n) is 4.70. The Bertz CT molecular complexity index is 633. The van der Waals surface area contributed by atoms with Crippen molar-refractivity contribution in [2.45, 2.75) is 0 Å². The van der Waals surface area contributed by atoms with Crippen molar-refractivity contribution in [2.24, 2.45) is 0 Å². The van der Waals surface area contributed by atoms with Gasteiger partial charge in [-0.25, -0.2) is 9.89 Å². The first-order valence-corrected chi connectivity index (χ1v) is 4.70.